The van der Waals surface area contributed by atoms with Gasteiger partial charge in [0, 0.05) is 12.2 Å². The zero-order valence-corrected chi connectivity index (χ0v) is 13.1. The van der Waals surface area contributed by atoms with E-state index in [9.17, 15) is 0 Å². The molecular weight excluding hydrogens is 270 g/mol. The zero-order valence-electron chi connectivity index (χ0n) is 13.1. The monoisotopic (exact) mass is 291 g/mol. The van der Waals surface area contributed by atoms with Crippen molar-refractivity contribution < 1.29 is 0 Å². The van der Waals surface area contributed by atoms with Crippen LogP contribution in [-0.4, -0.2) is 9.78 Å². The van der Waals surface area contributed by atoms with Gasteiger partial charge in [-0.2, -0.15) is 5.10 Å². The van der Waals surface area contributed by atoms with Gasteiger partial charge >= 0.3 is 0 Å². The van der Waals surface area contributed by atoms with E-state index in [2.05, 4.69) is 60.6 Å². The molecule has 22 heavy (non-hydrogen) atoms. The molecule has 0 bridgehead atoms. The van der Waals surface area contributed by atoms with Crippen molar-refractivity contribution in [2.75, 3.05) is 0 Å². The molecule has 1 aromatic heterocycles. The van der Waals surface area contributed by atoms with E-state index in [1.165, 1.54) is 27.9 Å². The smallest absolute Gasteiger partial charge is 0.0662 e. The van der Waals surface area contributed by atoms with Gasteiger partial charge in [-0.15, -0.1) is 0 Å². The minimum Gasteiger partial charge on any atom is -0.326 e. The first-order valence-electron chi connectivity index (χ1n) is 7.55. The van der Waals surface area contributed by atoms with E-state index >= 15 is 0 Å². The normalized spacial score (nSPS) is 10.9. The van der Waals surface area contributed by atoms with Crippen LogP contribution in [0.4, 0.5) is 0 Å². The third kappa shape index (κ3) is 2.95. The molecular formula is C19H21N3. The van der Waals surface area contributed by atoms with Crippen molar-refractivity contribution in [1.82, 2.24) is 9.78 Å². The minimum absolute atomic E-state index is 0.559. The van der Waals surface area contributed by atoms with Crippen LogP contribution < -0.4 is 5.73 Å². The lowest BCUT2D eigenvalue weighted by molar-refractivity contribution is 0.659. The predicted molar refractivity (Wildman–Crippen MR) is 90.6 cm³/mol. The number of benzene rings is 2. The van der Waals surface area contributed by atoms with Gasteiger partial charge in [0.25, 0.3) is 0 Å². The van der Waals surface area contributed by atoms with Crippen LogP contribution in [0.1, 0.15) is 22.5 Å². The van der Waals surface area contributed by atoms with Crippen molar-refractivity contribution in [3.63, 3.8) is 0 Å². The van der Waals surface area contributed by atoms with Gasteiger partial charge in [0.1, 0.15) is 0 Å². The molecule has 0 saturated carbocycles. The van der Waals surface area contributed by atoms with Crippen molar-refractivity contribution >= 4 is 0 Å². The SMILES string of the molecule is Cc1cc(C)n(Cc2ccc(-c3ccccc3CN)cc2)n1. The fraction of sp³-hybridized carbons (Fsp3) is 0.211. The van der Waals surface area contributed by atoms with Gasteiger partial charge in [-0.1, -0.05) is 48.5 Å². The van der Waals surface area contributed by atoms with Gasteiger partial charge in [0.15, 0.2) is 0 Å². The van der Waals surface area contributed by atoms with E-state index in [1.807, 2.05) is 17.7 Å². The van der Waals surface area contributed by atoms with Crippen LogP contribution in [0.2, 0.25) is 0 Å². The van der Waals surface area contributed by atoms with Crippen LogP contribution in [0.5, 0.6) is 0 Å². The second-order valence-corrected chi connectivity index (χ2v) is 5.64. The van der Waals surface area contributed by atoms with Crippen LogP contribution in [0.15, 0.2) is 54.6 Å². The lowest BCUT2D eigenvalue weighted by Gasteiger charge is -2.09. The zero-order chi connectivity index (χ0) is 15.5. The first-order valence-corrected chi connectivity index (χ1v) is 7.55. The Balaban J connectivity index is 1.85. The quantitative estimate of drug-likeness (QED) is 0.797. The van der Waals surface area contributed by atoms with Crippen LogP contribution in [0, 0.1) is 13.8 Å². The third-order valence-corrected chi connectivity index (χ3v) is 3.94. The van der Waals surface area contributed by atoms with Crippen molar-refractivity contribution in [2.45, 2.75) is 26.9 Å². The van der Waals surface area contributed by atoms with E-state index in [0.717, 1.165) is 12.2 Å². The number of nitrogens with two attached hydrogens (primary N) is 1. The summed E-state index contributed by atoms with van der Waals surface area (Å²) in [5, 5.41) is 4.51. The molecule has 0 radical (unpaired) electrons. The highest BCUT2D eigenvalue weighted by Gasteiger charge is 2.05. The Bertz CT molecular complexity index is 770. The Labute approximate surface area is 131 Å². The summed E-state index contributed by atoms with van der Waals surface area (Å²) in [6, 6.07) is 19.0. The average molecular weight is 291 g/mol. The molecule has 2 N–H and O–H groups in total. The highest BCUT2D eigenvalue weighted by Crippen LogP contribution is 2.24. The first kappa shape index (κ1) is 14.5. The van der Waals surface area contributed by atoms with E-state index in [-0.39, 0.29) is 0 Å². The number of hydrogen-bond acceptors (Lipinski definition) is 2. The molecule has 0 aliphatic heterocycles. The third-order valence-electron chi connectivity index (χ3n) is 3.94. The fourth-order valence-corrected chi connectivity index (χ4v) is 2.78. The summed E-state index contributed by atoms with van der Waals surface area (Å²) in [4.78, 5) is 0. The maximum absolute atomic E-state index is 5.83. The minimum atomic E-state index is 0.559. The van der Waals surface area contributed by atoms with Crippen LogP contribution in [0.3, 0.4) is 0 Å². The average Bonchev–Trinajstić information content (AvgIpc) is 2.85. The molecule has 1 heterocycles. The van der Waals surface area contributed by atoms with Gasteiger partial charge < -0.3 is 5.73 Å². The summed E-state index contributed by atoms with van der Waals surface area (Å²) >= 11 is 0. The Morgan fingerprint density at radius 1 is 1.00 bits per heavy atom. The largest absolute Gasteiger partial charge is 0.326 e. The number of rotatable bonds is 4. The highest BCUT2D eigenvalue weighted by atomic mass is 15.3. The molecule has 0 saturated heterocycles. The topological polar surface area (TPSA) is 43.8 Å². The summed E-state index contributed by atoms with van der Waals surface area (Å²) in [6.07, 6.45) is 0. The summed E-state index contributed by atoms with van der Waals surface area (Å²) in [5.74, 6) is 0. The van der Waals surface area contributed by atoms with Crippen LogP contribution >= 0.6 is 0 Å². The molecule has 0 unspecified atom stereocenters. The molecule has 0 fully saturated rings. The summed E-state index contributed by atoms with van der Waals surface area (Å²) in [6.45, 7) is 5.48. The molecule has 0 amide bonds. The molecule has 0 aliphatic rings. The second-order valence-electron chi connectivity index (χ2n) is 5.64. The van der Waals surface area contributed by atoms with Gasteiger partial charge in [-0.25, -0.2) is 0 Å². The maximum Gasteiger partial charge on any atom is 0.0662 e. The maximum atomic E-state index is 5.83. The van der Waals surface area contributed by atoms with Gasteiger partial charge in [0.2, 0.25) is 0 Å². The molecule has 3 aromatic rings. The van der Waals surface area contributed by atoms with Gasteiger partial charge in [-0.3, -0.25) is 4.68 Å². The van der Waals surface area contributed by atoms with Crippen molar-refractivity contribution in [3.8, 4) is 11.1 Å². The molecule has 3 nitrogen and oxygen atoms in total. The van der Waals surface area contributed by atoms with Gasteiger partial charge in [-0.05, 0) is 42.2 Å². The second kappa shape index (κ2) is 6.16. The van der Waals surface area contributed by atoms with Crippen molar-refractivity contribution in [1.29, 1.82) is 0 Å². The lowest BCUT2D eigenvalue weighted by atomic mass is 9.99. The Hall–Kier alpha value is -2.39. The molecule has 112 valence electrons. The molecule has 2 aromatic carbocycles. The van der Waals surface area contributed by atoms with Gasteiger partial charge in [0.05, 0.1) is 12.2 Å². The van der Waals surface area contributed by atoms with E-state index in [4.69, 9.17) is 5.73 Å². The van der Waals surface area contributed by atoms with E-state index < -0.39 is 0 Å². The Kier molecular flexibility index (Phi) is 4.07. The highest BCUT2D eigenvalue weighted by molar-refractivity contribution is 5.67. The predicted octanol–water partition coefficient (Wildman–Crippen LogP) is 3.67. The fourth-order valence-electron chi connectivity index (χ4n) is 2.78. The summed E-state index contributed by atoms with van der Waals surface area (Å²) < 4.78 is 2.04. The molecule has 3 heteroatoms. The number of hydrogen-bond donors (Lipinski definition) is 1. The number of nitrogens with zero attached hydrogens (tertiary/aromatic N) is 2. The standard InChI is InChI=1S/C19H21N3/c1-14-11-15(2)22(21-14)13-16-7-9-17(10-8-16)19-6-4-3-5-18(19)12-20/h3-11H,12-13,20H2,1-2H3. The van der Waals surface area contributed by atoms with Crippen LogP contribution in [0.25, 0.3) is 11.1 Å². The molecule has 0 aliphatic carbocycles. The van der Waals surface area contributed by atoms with Crippen LogP contribution in [-0.2, 0) is 13.1 Å². The Morgan fingerprint density at radius 2 is 1.73 bits per heavy atom. The number of aromatic nitrogens is 2. The first-order chi connectivity index (χ1) is 10.7. The Morgan fingerprint density at radius 3 is 2.36 bits per heavy atom. The molecule has 0 atom stereocenters. The van der Waals surface area contributed by atoms with Crippen molar-refractivity contribution in [2.24, 2.45) is 5.73 Å². The summed E-state index contributed by atoms with van der Waals surface area (Å²) in [7, 11) is 0. The number of aryl methyl sites for hydroxylation is 2. The molecule has 0 spiro atoms. The lowest BCUT2D eigenvalue weighted by Crippen LogP contribution is -2.04. The summed E-state index contributed by atoms with van der Waals surface area (Å²) in [5.41, 5.74) is 12.9. The van der Waals surface area contributed by atoms with E-state index in [0.29, 0.717) is 6.54 Å². The van der Waals surface area contributed by atoms with Crippen molar-refractivity contribution in [3.05, 3.63) is 77.1 Å². The van der Waals surface area contributed by atoms with E-state index in [1.54, 1.807) is 0 Å². The molecule has 3 rings (SSSR count).